The molecule has 2 heterocycles. The van der Waals surface area contributed by atoms with E-state index in [4.69, 9.17) is 9.47 Å². The number of benzene rings is 1. The summed E-state index contributed by atoms with van der Waals surface area (Å²) < 4.78 is 11.3. The molecular weight excluding hydrogens is 330 g/mol. The molecule has 0 atom stereocenters. The highest BCUT2D eigenvalue weighted by atomic mass is 16.5. The minimum absolute atomic E-state index is 0.102. The number of aromatic nitrogens is 2. The van der Waals surface area contributed by atoms with Crippen LogP contribution in [0.4, 0.5) is 5.69 Å². The van der Waals surface area contributed by atoms with Gasteiger partial charge in [0.25, 0.3) is 11.5 Å². The third-order valence-electron chi connectivity index (χ3n) is 3.75. The van der Waals surface area contributed by atoms with Gasteiger partial charge in [-0.15, -0.1) is 0 Å². The van der Waals surface area contributed by atoms with E-state index in [2.05, 4.69) is 4.98 Å². The summed E-state index contributed by atoms with van der Waals surface area (Å²) in [6, 6.07) is 4.74. The quantitative estimate of drug-likeness (QED) is 0.788. The minimum atomic E-state index is -0.822. The van der Waals surface area contributed by atoms with Crippen molar-refractivity contribution in [2.24, 2.45) is 0 Å². The van der Waals surface area contributed by atoms with Gasteiger partial charge in [-0.05, 0) is 19.1 Å². The van der Waals surface area contributed by atoms with Crippen LogP contribution in [-0.4, -0.2) is 41.7 Å². The van der Waals surface area contributed by atoms with E-state index in [9.17, 15) is 19.2 Å². The van der Waals surface area contributed by atoms with E-state index in [0.717, 1.165) is 10.8 Å². The van der Waals surface area contributed by atoms with Gasteiger partial charge < -0.3 is 14.4 Å². The molecule has 1 aliphatic heterocycles. The molecule has 2 aromatic rings. The summed E-state index contributed by atoms with van der Waals surface area (Å²) in [7, 11) is 1.62. The molecule has 0 radical (unpaired) electrons. The number of ether oxygens (including phenoxy) is 2. The number of aromatic amines is 1. The van der Waals surface area contributed by atoms with Crippen molar-refractivity contribution in [3.8, 4) is 11.4 Å². The summed E-state index contributed by atoms with van der Waals surface area (Å²) in [5.74, 6) is -0.599. The van der Waals surface area contributed by atoms with Gasteiger partial charge in [0.15, 0.2) is 6.61 Å². The van der Waals surface area contributed by atoms with Crippen LogP contribution in [0.15, 0.2) is 34.0 Å². The molecule has 0 unspecified atom stereocenters. The fraction of sp³-hybridized carbons (Fsp3) is 0.250. The Kier molecular flexibility index (Phi) is 4.14. The number of H-pyrrole nitrogens is 1. The highest BCUT2D eigenvalue weighted by Crippen LogP contribution is 2.32. The van der Waals surface area contributed by atoms with E-state index in [-0.39, 0.29) is 24.7 Å². The highest BCUT2D eigenvalue weighted by Gasteiger charge is 2.23. The number of anilines is 1. The summed E-state index contributed by atoms with van der Waals surface area (Å²) in [4.78, 5) is 50.9. The molecule has 1 amide bonds. The van der Waals surface area contributed by atoms with Crippen molar-refractivity contribution in [2.75, 3.05) is 25.2 Å². The fourth-order valence-electron chi connectivity index (χ4n) is 2.43. The zero-order valence-corrected chi connectivity index (χ0v) is 13.6. The normalized spacial score (nSPS) is 13.2. The first kappa shape index (κ1) is 16.5. The molecule has 25 heavy (non-hydrogen) atoms. The number of fused-ring (bicyclic) bond motifs is 1. The third-order valence-corrected chi connectivity index (χ3v) is 3.75. The summed E-state index contributed by atoms with van der Waals surface area (Å²) in [5, 5.41) is 0. The van der Waals surface area contributed by atoms with Gasteiger partial charge in [-0.2, -0.15) is 0 Å². The van der Waals surface area contributed by atoms with E-state index in [1.165, 1.54) is 4.90 Å². The van der Waals surface area contributed by atoms with Crippen LogP contribution < -0.4 is 20.9 Å². The van der Waals surface area contributed by atoms with Crippen molar-refractivity contribution in [1.29, 1.82) is 0 Å². The first-order valence-electron chi connectivity index (χ1n) is 7.49. The first-order valence-corrected chi connectivity index (χ1v) is 7.49. The Balaban J connectivity index is 2.10. The van der Waals surface area contributed by atoms with Gasteiger partial charge in [0.2, 0.25) is 0 Å². The van der Waals surface area contributed by atoms with E-state index < -0.39 is 17.2 Å². The van der Waals surface area contributed by atoms with Crippen LogP contribution in [0.25, 0.3) is 5.69 Å². The van der Waals surface area contributed by atoms with Crippen LogP contribution in [0.1, 0.15) is 17.3 Å². The Hall–Kier alpha value is -3.36. The molecule has 0 fully saturated rings. The Morgan fingerprint density at radius 1 is 1.32 bits per heavy atom. The molecule has 1 aromatic heterocycles. The average molecular weight is 345 g/mol. The number of nitrogens with one attached hydrogen (secondary N) is 1. The molecule has 1 aliphatic rings. The van der Waals surface area contributed by atoms with E-state index >= 15 is 0 Å². The van der Waals surface area contributed by atoms with Crippen molar-refractivity contribution in [3.63, 3.8) is 0 Å². The van der Waals surface area contributed by atoms with Crippen LogP contribution in [0.5, 0.6) is 5.75 Å². The van der Waals surface area contributed by atoms with Gasteiger partial charge in [0.05, 0.1) is 18.0 Å². The Morgan fingerprint density at radius 2 is 2.08 bits per heavy atom. The second-order valence-corrected chi connectivity index (χ2v) is 5.29. The molecular formula is C16H15N3O6. The zero-order chi connectivity index (χ0) is 18.1. The lowest BCUT2D eigenvalue weighted by molar-refractivity contribution is -0.120. The maximum absolute atomic E-state index is 12.1. The molecule has 3 rings (SSSR count). The molecule has 9 heteroatoms. The molecule has 1 aromatic carbocycles. The van der Waals surface area contributed by atoms with Crippen molar-refractivity contribution in [2.45, 2.75) is 6.92 Å². The number of carbonyl (C=O) groups is 2. The SMILES string of the molecule is CCOC(=O)c1cn(-c2ccc3c(c2)OCC(=O)N3C)c(=O)[nH]c1=O. The predicted octanol–water partition coefficient (Wildman–Crippen LogP) is 0.0577. The number of nitrogens with zero attached hydrogens (tertiary/aromatic N) is 2. The molecule has 130 valence electrons. The maximum atomic E-state index is 12.1. The number of hydrogen-bond acceptors (Lipinski definition) is 6. The highest BCUT2D eigenvalue weighted by molar-refractivity contribution is 5.97. The van der Waals surface area contributed by atoms with Gasteiger partial charge in [0, 0.05) is 19.3 Å². The molecule has 9 nitrogen and oxygen atoms in total. The fourth-order valence-corrected chi connectivity index (χ4v) is 2.43. The van der Waals surface area contributed by atoms with Crippen molar-refractivity contribution in [1.82, 2.24) is 9.55 Å². The predicted molar refractivity (Wildman–Crippen MR) is 87.5 cm³/mol. The lowest BCUT2D eigenvalue weighted by Crippen LogP contribution is -2.36. The third kappa shape index (κ3) is 2.91. The number of hydrogen-bond donors (Lipinski definition) is 1. The van der Waals surface area contributed by atoms with Gasteiger partial charge in [-0.1, -0.05) is 0 Å². The first-order chi connectivity index (χ1) is 11.9. The van der Waals surface area contributed by atoms with Gasteiger partial charge in [-0.25, -0.2) is 9.59 Å². The Labute approximate surface area is 141 Å². The summed E-state index contributed by atoms with van der Waals surface area (Å²) in [6.07, 6.45) is 1.12. The zero-order valence-electron chi connectivity index (χ0n) is 13.6. The Morgan fingerprint density at radius 3 is 2.80 bits per heavy atom. The van der Waals surface area contributed by atoms with E-state index in [1.807, 2.05) is 0 Å². The number of likely N-dealkylation sites (N-methyl/N-ethyl adjacent to an activating group) is 1. The van der Waals surface area contributed by atoms with Crippen LogP contribution >= 0.6 is 0 Å². The van der Waals surface area contributed by atoms with Crippen LogP contribution in [0.3, 0.4) is 0 Å². The van der Waals surface area contributed by atoms with E-state index in [0.29, 0.717) is 17.1 Å². The van der Waals surface area contributed by atoms with Crippen LogP contribution in [0.2, 0.25) is 0 Å². The average Bonchev–Trinajstić information content (AvgIpc) is 2.58. The largest absolute Gasteiger partial charge is 0.481 e. The van der Waals surface area contributed by atoms with Gasteiger partial charge >= 0.3 is 11.7 Å². The minimum Gasteiger partial charge on any atom is -0.481 e. The summed E-state index contributed by atoms with van der Waals surface area (Å²) in [6.45, 7) is 1.60. The number of amides is 1. The van der Waals surface area contributed by atoms with Crippen molar-refractivity contribution < 1.29 is 19.1 Å². The standard InChI is InChI=1S/C16H15N3O6/c1-3-24-15(22)10-7-19(16(23)17-14(10)21)9-4-5-11-12(6-9)25-8-13(20)18(11)2/h4-7H,3,8H2,1-2H3,(H,17,21,23). The topological polar surface area (TPSA) is 111 Å². The molecule has 0 bridgehead atoms. The maximum Gasteiger partial charge on any atom is 0.345 e. The molecule has 0 saturated carbocycles. The van der Waals surface area contributed by atoms with Gasteiger partial charge in [-0.3, -0.25) is 19.1 Å². The smallest absolute Gasteiger partial charge is 0.345 e. The van der Waals surface area contributed by atoms with Crippen molar-refractivity contribution in [3.05, 3.63) is 50.8 Å². The summed E-state index contributed by atoms with van der Waals surface area (Å²) >= 11 is 0. The van der Waals surface area contributed by atoms with Crippen molar-refractivity contribution >= 4 is 17.6 Å². The van der Waals surface area contributed by atoms with E-state index in [1.54, 1.807) is 32.2 Å². The van der Waals surface area contributed by atoms with Gasteiger partial charge in [0.1, 0.15) is 11.3 Å². The molecule has 1 N–H and O–H groups in total. The molecule has 0 saturated heterocycles. The number of rotatable bonds is 3. The number of carbonyl (C=O) groups excluding carboxylic acids is 2. The monoisotopic (exact) mass is 345 g/mol. The number of esters is 1. The Bertz CT molecular complexity index is 975. The lowest BCUT2D eigenvalue weighted by Gasteiger charge is -2.26. The summed E-state index contributed by atoms with van der Waals surface area (Å²) in [5.41, 5.74) is -0.888. The lowest BCUT2D eigenvalue weighted by atomic mass is 10.2. The van der Waals surface area contributed by atoms with Crippen LogP contribution in [-0.2, 0) is 9.53 Å². The second-order valence-electron chi connectivity index (χ2n) is 5.29. The molecule has 0 aliphatic carbocycles. The van der Waals surface area contributed by atoms with Crippen LogP contribution in [0, 0.1) is 0 Å². The second kappa shape index (κ2) is 6.27. The molecule has 0 spiro atoms.